The molecule has 6 heteroatoms. The van der Waals surface area contributed by atoms with Crippen molar-refractivity contribution in [3.63, 3.8) is 0 Å². The molecule has 1 aromatic rings. The molecule has 2 amide bonds. The molecule has 0 saturated carbocycles. The summed E-state index contributed by atoms with van der Waals surface area (Å²) in [7, 11) is 1.48. The van der Waals surface area contributed by atoms with E-state index in [9.17, 15) is 9.59 Å². The van der Waals surface area contributed by atoms with Crippen molar-refractivity contribution in [2.45, 2.75) is 0 Å². The molecule has 0 aliphatic carbocycles. The lowest BCUT2D eigenvalue weighted by molar-refractivity contribution is -0.119. The minimum atomic E-state index is -0.689. The van der Waals surface area contributed by atoms with E-state index in [4.69, 9.17) is 16.3 Å². The predicted molar refractivity (Wildman–Crippen MR) is 59.5 cm³/mol. The molecule has 0 heterocycles. The van der Waals surface area contributed by atoms with Crippen LogP contribution in [0.2, 0.25) is 5.02 Å². The summed E-state index contributed by atoms with van der Waals surface area (Å²) < 4.78 is 4.88. The van der Waals surface area contributed by atoms with E-state index in [1.54, 1.807) is 24.3 Å². The van der Waals surface area contributed by atoms with Gasteiger partial charge in [-0.1, -0.05) is 11.6 Å². The number of ether oxygens (including phenoxy) is 1. The van der Waals surface area contributed by atoms with Crippen LogP contribution in [0.15, 0.2) is 24.3 Å². The number of hydrogen-bond acceptors (Lipinski definition) is 3. The van der Waals surface area contributed by atoms with E-state index < -0.39 is 6.09 Å². The number of halogens is 1. The SMILES string of the molecule is CNC(=O)CNC(=O)Oc1ccc(Cl)cc1. The lowest BCUT2D eigenvalue weighted by Crippen LogP contribution is -2.36. The van der Waals surface area contributed by atoms with Gasteiger partial charge in [0.05, 0.1) is 6.54 Å². The van der Waals surface area contributed by atoms with Crippen molar-refractivity contribution >= 4 is 23.6 Å². The maximum atomic E-state index is 11.2. The highest BCUT2D eigenvalue weighted by Crippen LogP contribution is 2.15. The molecule has 0 aliphatic heterocycles. The van der Waals surface area contributed by atoms with Crippen LogP contribution in [-0.4, -0.2) is 25.6 Å². The normalized spacial score (nSPS) is 9.38. The van der Waals surface area contributed by atoms with Crippen LogP contribution >= 0.6 is 11.6 Å². The Kier molecular flexibility index (Phi) is 4.60. The Bertz CT molecular complexity index is 378. The molecule has 1 rings (SSSR count). The third-order valence-corrected chi connectivity index (χ3v) is 1.95. The summed E-state index contributed by atoms with van der Waals surface area (Å²) in [5.41, 5.74) is 0. The van der Waals surface area contributed by atoms with Gasteiger partial charge in [0.2, 0.25) is 5.91 Å². The first kappa shape index (κ1) is 12.3. The molecule has 2 N–H and O–H groups in total. The number of benzene rings is 1. The highest BCUT2D eigenvalue weighted by atomic mass is 35.5. The van der Waals surface area contributed by atoms with Crippen LogP contribution in [-0.2, 0) is 4.79 Å². The Balaban J connectivity index is 2.40. The van der Waals surface area contributed by atoms with E-state index in [0.29, 0.717) is 10.8 Å². The van der Waals surface area contributed by atoms with Crippen molar-refractivity contribution in [3.05, 3.63) is 29.3 Å². The van der Waals surface area contributed by atoms with E-state index in [1.807, 2.05) is 0 Å². The van der Waals surface area contributed by atoms with Crippen LogP contribution in [0.25, 0.3) is 0 Å². The quantitative estimate of drug-likeness (QED) is 0.836. The zero-order chi connectivity index (χ0) is 12.0. The minimum absolute atomic E-state index is 0.122. The zero-order valence-electron chi connectivity index (χ0n) is 8.62. The summed E-state index contributed by atoms with van der Waals surface area (Å²) in [5.74, 6) is 0.0619. The van der Waals surface area contributed by atoms with Gasteiger partial charge in [0.25, 0.3) is 0 Å². The molecule has 0 bridgehead atoms. The van der Waals surface area contributed by atoms with Crippen molar-refractivity contribution in [2.24, 2.45) is 0 Å². The van der Waals surface area contributed by atoms with Crippen LogP contribution in [0.3, 0.4) is 0 Å². The number of rotatable bonds is 3. The smallest absolute Gasteiger partial charge is 0.410 e. The Morgan fingerprint density at radius 1 is 1.31 bits per heavy atom. The summed E-state index contributed by atoms with van der Waals surface area (Å²) in [4.78, 5) is 22.0. The molecule has 5 nitrogen and oxygen atoms in total. The average molecular weight is 243 g/mol. The summed E-state index contributed by atoms with van der Waals surface area (Å²) in [5, 5.41) is 5.21. The van der Waals surface area contributed by atoms with Crippen LogP contribution in [0, 0.1) is 0 Å². The lowest BCUT2D eigenvalue weighted by atomic mass is 10.3. The second kappa shape index (κ2) is 5.97. The fraction of sp³-hybridized carbons (Fsp3) is 0.200. The first-order valence-electron chi connectivity index (χ1n) is 4.53. The number of hydrogen-bond donors (Lipinski definition) is 2. The Morgan fingerprint density at radius 2 is 1.94 bits per heavy atom. The van der Waals surface area contributed by atoms with E-state index >= 15 is 0 Å². The van der Waals surface area contributed by atoms with Gasteiger partial charge in [0, 0.05) is 12.1 Å². The van der Waals surface area contributed by atoms with Crippen LogP contribution in [0.5, 0.6) is 5.75 Å². The van der Waals surface area contributed by atoms with Gasteiger partial charge in [0.15, 0.2) is 0 Å². The molecule has 0 fully saturated rings. The molecule has 0 atom stereocenters. The number of carbonyl (C=O) groups is 2. The van der Waals surface area contributed by atoms with Gasteiger partial charge < -0.3 is 15.4 Å². The largest absolute Gasteiger partial charge is 0.413 e. The third-order valence-electron chi connectivity index (χ3n) is 1.70. The predicted octanol–water partition coefficient (Wildman–Crippen LogP) is 1.17. The Labute approximate surface area is 97.7 Å². The second-order valence-corrected chi connectivity index (χ2v) is 3.31. The molecule has 1 aromatic carbocycles. The monoisotopic (exact) mass is 242 g/mol. The molecular weight excluding hydrogens is 232 g/mol. The maximum Gasteiger partial charge on any atom is 0.413 e. The van der Waals surface area contributed by atoms with E-state index in [1.165, 1.54) is 7.05 Å². The molecule has 0 aliphatic rings. The molecule has 16 heavy (non-hydrogen) atoms. The van der Waals surface area contributed by atoms with Crippen molar-refractivity contribution in [2.75, 3.05) is 13.6 Å². The van der Waals surface area contributed by atoms with E-state index in [0.717, 1.165) is 0 Å². The minimum Gasteiger partial charge on any atom is -0.410 e. The first-order valence-corrected chi connectivity index (χ1v) is 4.91. The summed E-state index contributed by atoms with van der Waals surface area (Å²) in [6.45, 7) is -0.122. The molecular formula is C10H11ClN2O3. The second-order valence-electron chi connectivity index (χ2n) is 2.87. The van der Waals surface area contributed by atoms with Gasteiger partial charge in [-0.3, -0.25) is 4.79 Å². The number of carbonyl (C=O) groups excluding carboxylic acids is 2. The number of amides is 2. The van der Waals surface area contributed by atoms with Gasteiger partial charge in [0.1, 0.15) is 5.75 Å². The number of nitrogens with one attached hydrogen (secondary N) is 2. The average Bonchev–Trinajstić information content (AvgIpc) is 2.29. The first-order chi connectivity index (χ1) is 7.61. The number of likely N-dealkylation sites (N-methyl/N-ethyl adjacent to an activating group) is 1. The van der Waals surface area contributed by atoms with E-state index in [-0.39, 0.29) is 12.5 Å². The van der Waals surface area contributed by atoms with Crippen molar-refractivity contribution in [1.82, 2.24) is 10.6 Å². The topological polar surface area (TPSA) is 67.4 Å². The van der Waals surface area contributed by atoms with E-state index in [2.05, 4.69) is 10.6 Å². The molecule has 0 spiro atoms. The van der Waals surface area contributed by atoms with Gasteiger partial charge in [-0.05, 0) is 24.3 Å². The van der Waals surface area contributed by atoms with Crippen molar-refractivity contribution in [1.29, 1.82) is 0 Å². The Hall–Kier alpha value is -1.75. The van der Waals surface area contributed by atoms with Crippen LogP contribution < -0.4 is 15.4 Å². The van der Waals surface area contributed by atoms with Gasteiger partial charge >= 0.3 is 6.09 Å². The van der Waals surface area contributed by atoms with Gasteiger partial charge in [-0.25, -0.2) is 4.79 Å². The Morgan fingerprint density at radius 3 is 2.50 bits per heavy atom. The van der Waals surface area contributed by atoms with Crippen LogP contribution in [0.4, 0.5) is 4.79 Å². The fourth-order valence-corrected chi connectivity index (χ4v) is 1.01. The molecule has 0 saturated heterocycles. The molecule has 0 radical (unpaired) electrons. The molecule has 86 valence electrons. The summed E-state index contributed by atoms with van der Waals surface area (Å²) >= 11 is 5.66. The van der Waals surface area contributed by atoms with Gasteiger partial charge in [-0.2, -0.15) is 0 Å². The fourth-order valence-electron chi connectivity index (χ4n) is 0.887. The standard InChI is InChI=1S/C10H11ClN2O3/c1-12-9(14)6-13-10(15)16-8-4-2-7(11)3-5-8/h2-5H,6H2,1H3,(H,12,14)(H,13,15). The van der Waals surface area contributed by atoms with Gasteiger partial charge in [-0.15, -0.1) is 0 Å². The maximum absolute atomic E-state index is 11.2. The summed E-state index contributed by atoms with van der Waals surface area (Å²) in [6.07, 6.45) is -0.689. The molecule has 0 aromatic heterocycles. The summed E-state index contributed by atoms with van der Waals surface area (Å²) in [6, 6.07) is 6.31. The van der Waals surface area contributed by atoms with Crippen LogP contribution in [0.1, 0.15) is 0 Å². The molecule has 0 unspecified atom stereocenters. The lowest BCUT2D eigenvalue weighted by Gasteiger charge is -2.05. The van der Waals surface area contributed by atoms with Crippen molar-refractivity contribution in [3.8, 4) is 5.75 Å². The zero-order valence-corrected chi connectivity index (χ0v) is 9.38. The highest BCUT2D eigenvalue weighted by Gasteiger charge is 2.05. The highest BCUT2D eigenvalue weighted by molar-refractivity contribution is 6.30. The van der Waals surface area contributed by atoms with Crippen molar-refractivity contribution < 1.29 is 14.3 Å². The third kappa shape index (κ3) is 4.18.